The highest BCUT2D eigenvalue weighted by Crippen LogP contribution is 2.29. The molecule has 0 fully saturated rings. The van der Waals surface area contributed by atoms with E-state index in [1.165, 1.54) is 0 Å². The van der Waals surface area contributed by atoms with Gasteiger partial charge in [-0.15, -0.1) is 0 Å². The van der Waals surface area contributed by atoms with Gasteiger partial charge in [0.15, 0.2) is 5.78 Å². The van der Waals surface area contributed by atoms with Crippen molar-refractivity contribution >= 4 is 5.78 Å². The summed E-state index contributed by atoms with van der Waals surface area (Å²) in [4.78, 5) is 12.0. The third-order valence-corrected chi connectivity index (χ3v) is 2.91. The molecule has 0 radical (unpaired) electrons. The molecule has 0 bridgehead atoms. The number of carbonyl (C=O) groups is 1. The van der Waals surface area contributed by atoms with E-state index in [1.807, 2.05) is 18.2 Å². The van der Waals surface area contributed by atoms with Gasteiger partial charge in [-0.1, -0.05) is 25.5 Å². The number of Topliss-reactive ketones (excluding diaryl/α,β-unsaturated/α-hetero) is 1. The first-order valence-electron chi connectivity index (χ1n) is 5.67. The highest BCUT2D eigenvalue weighted by molar-refractivity contribution is 6.13. The summed E-state index contributed by atoms with van der Waals surface area (Å²) < 4.78 is 5.13. The maximum Gasteiger partial charge on any atom is 0.189 e. The van der Waals surface area contributed by atoms with Crippen molar-refractivity contribution in [3.05, 3.63) is 41.0 Å². The first-order valence-corrected chi connectivity index (χ1v) is 5.67. The van der Waals surface area contributed by atoms with Crippen LogP contribution >= 0.6 is 0 Å². The Hall–Kier alpha value is -1.57. The second-order valence-corrected chi connectivity index (χ2v) is 4.05. The zero-order chi connectivity index (χ0) is 11.5. The van der Waals surface area contributed by atoms with Gasteiger partial charge in [0.05, 0.1) is 7.11 Å². The molecule has 1 aliphatic carbocycles. The molecule has 0 N–H and O–H groups in total. The molecule has 1 aromatic rings. The van der Waals surface area contributed by atoms with Crippen LogP contribution in [0.25, 0.3) is 0 Å². The molecule has 0 saturated heterocycles. The van der Waals surface area contributed by atoms with Crippen molar-refractivity contribution in [3.63, 3.8) is 0 Å². The summed E-state index contributed by atoms with van der Waals surface area (Å²) in [6, 6.07) is 5.73. The largest absolute Gasteiger partial charge is 0.497 e. The molecule has 0 atom stereocenters. The molecule has 2 rings (SSSR count). The number of carbonyl (C=O) groups excluding carboxylic acids is 1. The second-order valence-electron chi connectivity index (χ2n) is 4.05. The van der Waals surface area contributed by atoms with E-state index in [2.05, 4.69) is 13.0 Å². The summed E-state index contributed by atoms with van der Waals surface area (Å²) in [5.74, 6) is 0.922. The van der Waals surface area contributed by atoms with E-state index in [0.29, 0.717) is 0 Å². The lowest BCUT2D eigenvalue weighted by atomic mass is 10.1. The first kappa shape index (κ1) is 10.9. The van der Waals surface area contributed by atoms with E-state index in [1.54, 1.807) is 7.11 Å². The van der Waals surface area contributed by atoms with E-state index < -0.39 is 0 Å². The van der Waals surface area contributed by atoms with Gasteiger partial charge in [0.2, 0.25) is 0 Å². The molecular weight excluding hydrogens is 200 g/mol. The predicted octanol–water partition coefficient (Wildman–Crippen LogP) is 3.16. The summed E-state index contributed by atoms with van der Waals surface area (Å²) >= 11 is 0. The summed E-state index contributed by atoms with van der Waals surface area (Å²) in [5, 5.41) is 0. The number of methoxy groups -OCH3 is 1. The average molecular weight is 216 g/mol. The van der Waals surface area contributed by atoms with E-state index >= 15 is 0 Å². The van der Waals surface area contributed by atoms with Gasteiger partial charge < -0.3 is 4.74 Å². The first-order chi connectivity index (χ1) is 7.76. The van der Waals surface area contributed by atoms with Crippen LogP contribution in [0.2, 0.25) is 0 Å². The lowest BCUT2D eigenvalue weighted by Gasteiger charge is -2.01. The third-order valence-electron chi connectivity index (χ3n) is 2.91. The topological polar surface area (TPSA) is 26.3 Å². The van der Waals surface area contributed by atoms with Crippen molar-refractivity contribution in [2.75, 3.05) is 7.11 Å². The quantitative estimate of drug-likeness (QED) is 0.725. The van der Waals surface area contributed by atoms with Gasteiger partial charge in [0.25, 0.3) is 0 Å². The van der Waals surface area contributed by atoms with Crippen LogP contribution in [0.1, 0.15) is 35.7 Å². The number of rotatable bonds is 3. The Morgan fingerprint density at radius 3 is 2.94 bits per heavy atom. The SMILES string of the molecule is CCC/C=C1\Cc2ccc(OC)cc2C1=O. The van der Waals surface area contributed by atoms with Crippen molar-refractivity contribution in [2.45, 2.75) is 26.2 Å². The zero-order valence-electron chi connectivity index (χ0n) is 9.75. The van der Waals surface area contributed by atoms with Crippen LogP contribution in [0.4, 0.5) is 0 Å². The molecule has 0 heterocycles. The minimum absolute atomic E-state index is 0.169. The van der Waals surface area contributed by atoms with Crippen molar-refractivity contribution in [1.82, 2.24) is 0 Å². The van der Waals surface area contributed by atoms with Gasteiger partial charge in [0.1, 0.15) is 5.75 Å². The summed E-state index contributed by atoms with van der Waals surface area (Å²) in [6.45, 7) is 2.12. The van der Waals surface area contributed by atoms with Crippen molar-refractivity contribution in [3.8, 4) is 5.75 Å². The monoisotopic (exact) mass is 216 g/mol. The van der Waals surface area contributed by atoms with E-state index in [9.17, 15) is 4.79 Å². The predicted molar refractivity (Wildman–Crippen MR) is 64.0 cm³/mol. The van der Waals surface area contributed by atoms with Crippen molar-refractivity contribution in [1.29, 1.82) is 0 Å². The minimum Gasteiger partial charge on any atom is -0.497 e. The number of benzene rings is 1. The number of fused-ring (bicyclic) bond motifs is 1. The molecule has 2 heteroatoms. The highest BCUT2D eigenvalue weighted by atomic mass is 16.5. The van der Waals surface area contributed by atoms with Crippen LogP contribution in [0.15, 0.2) is 29.8 Å². The summed E-state index contributed by atoms with van der Waals surface area (Å²) in [6.07, 6.45) is 4.90. The van der Waals surface area contributed by atoms with Crippen LogP contribution in [0.5, 0.6) is 5.75 Å². The Labute approximate surface area is 95.9 Å². The Balaban J connectivity index is 2.31. The molecule has 1 aliphatic rings. The van der Waals surface area contributed by atoms with Crippen LogP contribution in [0, 0.1) is 0 Å². The van der Waals surface area contributed by atoms with Gasteiger partial charge in [-0.2, -0.15) is 0 Å². The Bertz CT molecular complexity index is 444. The third kappa shape index (κ3) is 1.87. The molecule has 0 saturated carbocycles. The van der Waals surface area contributed by atoms with Crippen LogP contribution in [-0.4, -0.2) is 12.9 Å². The lowest BCUT2D eigenvalue weighted by Crippen LogP contribution is -1.96. The molecule has 0 aromatic heterocycles. The molecular formula is C14H16O2. The second kappa shape index (κ2) is 4.52. The molecule has 0 spiro atoms. The van der Waals surface area contributed by atoms with E-state index in [4.69, 9.17) is 4.74 Å². The molecule has 16 heavy (non-hydrogen) atoms. The molecule has 0 amide bonds. The Morgan fingerprint density at radius 1 is 1.44 bits per heavy atom. The Morgan fingerprint density at radius 2 is 2.25 bits per heavy atom. The number of ether oxygens (including phenoxy) is 1. The van der Waals surface area contributed by atoms with Crippen molar-refractivity contribution < 1.29 is 9.53 Å². The van der Waals surface area contributed by atoms with E-state index in [0.717, 1.165) is 41.7 Å². The lowest BCUT2D eigenvalue weighted by molar-refractivity contribution is 0.103. The standard InChI is InChI=1S/C14H16O2/c1-3-4-5-11-8-10-6-7-12(16-2)9-13(10)14(11)15/h5-7,9H,3-4,8H2,1-2H3/b11-5+. The molecule has 84 valence electrons. The fourth-order valence-electron chi connectivity index (χ4n) is 1.99. The van der Waals surface area contributed by atoms with Crippen LogP contribution < -0.4 is 4.74 Å². The van der Waals surface area contributed by atoms with Gasteiger partial charge >= 0.3 is 0 Å². The highest BCUT2D eigenvalue weighted by Gasteiger charge is 2.24. The van der Waals surface area contributed by atoms with E-state index in [-0.39, 0.29) is 5.78 Å². The fourth-order valence-corrected chi connectivity index (χ4v) is 1.99. The van der Waals surface area contributed by atoms with Gasteiger partial charge in [-0.3, -0.25) is 4.79 Å². The number of unbranched alkanes of at least 4 members (excludes halogenated alkanes) is 1. The molecule has 1 aromatic carbocycles. The van der Waals surface area contributed by atoms with Crippen LogP contribution in [-0.2, 0) is 6.42 Å². The number of hydrogen-bond acceptors (Lipinski definition) is 2. The van der Waals surface area contributed by atoms with Gasteiger partial charge in [-0.05, 0) is 24.1 Å². The molecule has 0 aliphatic heterocycles. The Kier molecular flexibility index (Phi) is 3.09. The number of allylic oxidation sites excluding steroid dienone is 2. The molecule has 0 unspecified atom stereocenters. The van der Waals surface area contributed by atoms with Gasteiger partial charge in [-0.25, -0.2) is 0 Å². The number of ketones is 1. The summed E-state index contributed by atoms with van der Waals surface area (Å²) in [5.41, 5.74) is 2.86. The minimum atomic E-state index is 0.169. The fraction of sp³-hybridized carbons (Fsp3) is 0.357. The van der Waals surface area contributed by atoms with Crippen LogP contribution in [0.3, 0.4) is 0 Å². The normalized spacial score (nSPS) is 16.6. The van der Waals surface area contributed by atoms with Crippen molar-refractivity contribution in [2.24, 2.45) is 0 Å². The maximum absolute atomic E-state index is 12.0. The zero-order valence-corrected chi connectivity index (χ0v) is 9.75. The smallest absolute Gasteiger partial charge is 0.189 e. The summed E-state index contributed by atoms with van der Waals surface area (Å²) in [7, 11) is 1.62. The molecule has 2 nitrogen and oxygen atoms in total. The maximum atomic E-state index is 12.0. The number of hydrogen-bond donors (Lipinski definition) is 0. The van der Waals surface area contributed by atoms with Gasteiger partial charge in [0, 0.05) is 17.6 Å². The average Bonchev–Trinajstić information content (AvgIpc) is 2.63.